The maximum Gasteiger partial charge on any atom is 0.397 e. The molecule has 3 rings (SSSR count). The zero-order valence-electron chi connectivity index (χ0n) is 13.6. The summed E-state index contributed by atoms with van der Waals surface area (Å²) in [6.07, 6.45) is -2.99. The molecular weight excluding hydrogens is 343 g/mol. The highest BCUT2D eigenvalue weighted by Crippen LogP contribution is 2.32. The third kappa shape index (κ3) is 4.75. The first-order chi connectivity index (χ1) is 11.9. The van der Waals surface area contributed by atoms with E-state index in [1.807, 2.05) is 4.90 Å². The lowest BCUT2D eigenvalue weighted by Crippen LogP contribution is -2.33. The highest BCUT2D eigenvalue weighted by Gasteiger charge is 2.33. The molecule has 11 heteroatoms. The fourth-order valence-electron chi connectivity index (χ4n) is 2.82. The zero-order valence-corrected chi connectivity index (χ0v) is 13.6. The summed E-state index contributed by atoms with van der Waals surface area (Å²) >= 11 is 0. The molecule has 1 aliphatic heterocycles. The Hall–Kier alpha value is -2.01. The molecule has 0 aliphatic carbocycles. The molecule has 0 N–H and O–H groups in total. The van der Waals surface area contributed by atoms with Gasteiger partial charge in [-0.05, 0) is 19.4 Å². The van der Waals surface area contributed by atoms with Crippen molar-refractivity contribution in [2.24, 2.45) is 0 Å². The molecule has 1 saturated heterocycles. The molecule has 138 valence electrons. The van der Waals surface area contributed by atoms with Crippen LogP contribution in [0.2, 0.25) is 0 Å². The maximum absolute atomic E-state index is 12.4. The van der Waals surface area contributed by atoms with Gasteiger partial charge in [0.25, 0.3) is 5.89 Å². The van der Waals surface area contributed by atoms with Crippen molar-refractivity contribution in [2.75, 3.05) is 13.7 Å². The Labute approximate surface area is 141 Å². The lowest BCUT2D eigenvalue weighted by molar-refractivity contribution is -0.131. The molecule has 25 heavy (non-hydrogen) atoms. The molecule has 0 unspecified atom stereocenters. The first kappa shape index (κ1) is 17.8. The Morgan fingerprint density at radius 2 is 2.08 bits per heavy atom. The molecule has 2 aromatic heterocycles. The van der Waals surface area contributed by atoms with Gasteiger partial charge < -0.3 is 13.7 Å². The topological polar surface area (TPSA) is 90.3 Å². The molecule has 3 heterocycles. The van der Waals surface area contributed by atoms with E-state index in [1.165, 1.54) is 7.11 Å². The Kier molecular flexibility index (Phi) is 5.33. The van der Waals surface area contributed by atoms with Crippen LogP contribution in [-0.2, 0) is 24.3 Å². The van der Waals surface area contributed by atoms with Crippen LogP contribution in [0.3, 0.4) is 0 Å². The number of aromatic nitrogens is 4. The summed E-state index contributed by atoms with van der Waals surface area (Å²) in [5, 5.41) is 11.2. The van der Waals surface area contributed by atoms with E-state index >= 15 is 0 Å². The number of nitrogens with zero attached hydrogens (tertiary/aromatic N) is 5. The summed E-state index contributed by atoms with van der Waals surface area (Å²) in [4.78, 5) is 6.23. The van der Waals surface area contributed by atoms with Crippen LogP contribution < -0.4 is 0 Å². The molecule has 1 aliphatic rings. The molecule has 0 bridgehead atoms. The maximum atomic E-state index is 12.4. The SMILES string of the molecule is COCc1nc(CN2CCCC[C@H]2c2nnc(CC(F)(F)F)o2)no1. The smallest absolute Gasteiger partial charge is 0.397 e. The molecule has 2 aromatic rings. The van der Waals surface area contributed by atoms with Crippen molar-refractivity contribution >= 4 is 0 Å². The highest BCUT2D eigenvalue weighted by molar-refractivity contribution is 4.96. The van der Waals surface area contributed by atoms with E-state index in [2.05, 4.69) is 20.3 Å². The van der Waals surface area contributed by atoms with E-state index in [0.29, 0.717) is 18.3 Å². The van der Waals surface area contributed by atoms with E-state index in [9.17, 15) is 13.2 Å². The second-order valence-corrected chi connectivity index (χ2v) is 5.85. The number of hydrogen-bond acceptors (Lipinski definition) is 8. The first-order valence-electron chi connectivity index (χ1n) is 7.88. The summed E-state index contributed by atoms with van der Waals surface area (Å²) in [6, 6.07) is -0.257. The van der Waals surface area contributed by atoms with Crippen molar-refractivity contribution in [2.45, 2.75) is 51.1 Å². The predicted molar refractivity (Wildman–Crippen MR) is 76.1 cm³/mol. The predicted octanol–water partition coefficient (Wildman–Crippen LogP) is 2.43. The van der Waals surface area contributed by atoms with Crippen molar-refractivity contribution in [3.8, 4) is 0 Å². The molecule has 1 fully saturated rings. The number of alkyl halides is 3. The average Bonchev–Trinajstić information content (AvgIpc) is 3.16. The van der Waals surface area contributed by atoms with Gasteiger partial charge in [-0.25, -0.2) is 0 Å². The van der Waals surface area contributed by atoms with Gasteiger partial charge in [-0.3, -0.25) is 4.90 Å². The van der Waals surface area contributed by atoms with Crippen LogP contribution in [0.1, 0.15) is 48.8 Å². The second-order valence-electron chi connectivity index (χ2n) is 5.85. The fourth-order valence-corrected chi connectivity index (χ4v) is 2.82. The number of halogens is 3. The van der Waals surface area contributed by atoms with E-state index in [-0.39, 0.29) is 18.5 Å². The molecule has 0 amide bonds. The number of rotatable bonds is 6. The Morgan fingerprint density at radius 1 is 1.24 bits per heavy atom. The van der Waals surface area contributed by atoms with E-state index in [0.717, 1.165) is 25.8 Å². The van der Waals surface area contributed by atoms with E-state index in [4.69, 9.17) is 13.7 Å². The van der Waals surface area contributed by atoms with E-state index < -0.39 is 18.5 Å². The lowest BCUT2D eigenvalue weighted by atomic mass is 10.0. The Bertz CT molecular complexity index is 687. The van der Waals surface area contributed by atoms with Gasteiger partial charge in [0.2, 0.25) is 11.8 Å². The van der Waals surface area contributed by atoms with Crippen molar-refractivity contribution < 1.29 is 26.8 Å². The Balaban J connectivity index is 1.70. The van der Waals surface area contributed by atoms with Crippen molar-refractivity contribution in [3.63, 3.8) is 0 Å². The number of piperidine rings is 1. The molecular formula is C14H18F3N5O3. The van der Waals surface area contributed by atoms with Crippen molar-refractivity contribution in [1.29, 1.82) is 0 Å². The van der Waals surface area contributed by atoms with Gasteiger partial charge in [0.05, 0.1) is 12.6 Å². The number of methoxy groups -OCH3 is 1. The number of ether oxygens (including phenoxy) is 1. The van der Waals surface area contributed by atoms with Crippen LogP contribution in [0.15, 0.2) is 8.94 Å². The third-order valence-electron chi connectivity index (χ3n) is 3.86. The standard InChI is InChI=1S/C14H18F3N5O3/c1-23-8-12-18-10(21-25-12)7-22-5-3-2-4-9(22)13-20-19-11(24-13)6-14(15,16)17/h9H,2-8H2,1H3/t9-/m0/s1. The fraction of sp³-hybridized carbons (Fsp3) is 0.714. The number of hydrogen-bond donors (Lipinski definition) is 0. The van der Waals surface area contributed by atoms with Gasteiger partial charge in [0.15, 0.2) is 5.82 Å². The zero-order chi connectivity index (χ0) is 17.9. The van der Waals surface area contributed by atoms with Gasteiger partial charge in [-0.2, -0.15) is 18.2 Å². The number of likely N-dealkylation sites (tertiary alicyclic amines) is 1. The van der Waals surface area contributed by atoms with Gasteiger partial charge >= 0.3 is 6.18 Å². The van der Waals surface area contributed by atoms with Gasteiger partial charge in [-0.1, -0.05) is 11.6 Å². The van der Waals surface area contributed by atoms with Crippen LogP contribution in [0.5, 0.6) is 0 Å². The van der Waals surface area contributed by atoms with Crippen LogP contribution in [0, 0.1) is 0 Å². The minimum absolute atomic E-state index is 0.194. The summed E-state index contributed by atoms with van der Waals surface area (Å²) in [7, 11) is 1.53. The van der Waals surface area contributed by atoms with Crippen LogP contribution in [0.4, 0.5) is 13.2 Å². The normalized spacial score (nSPS) is 19.4. The van der Waals surface area contributed by atoms with E-state index in [1.54, 1.807) is 0 Å². The van der Waals surface area contributed by atoms with Crippen LogP contribution >= 0.6 is 0 Å². The highest BCUT2D eigenvalue weighted by atomic mass is 19.4. The third-order valence-corrected chi connectivity index (χ3v) is 3.86. The molecule has 8 nitrogen and oxygen atoms in total. The monoisotopic (exact) mass is 361 g/mol. The summed E-state index contributed by atoms with van der Waals surface area (Å²) in [6.45, 7) is 1.34. The van der Waals surface area contributed by atoms with Crippen molar-refractivity contribution in [3.05, 3.63) is 23.5 Å². The van der Waals surface area contributed by atoms with Crippen molar-refractivity contribution in [1.82, 2.24) is 25.2 Å². The molecule has 1 atom stereocenters. The quantitative estimate of drug-likeness (QED) is 0.775. The van der Waals surface area contributed by atoms with Crippen LogP contribution in [0.25, 0.3) is 0 Å². The average molecular weight is 361 g/mol. The molecule has 0 spiro atoms. The van der Waals surface area contributed by atoms with Gasteiger partial charge in [-0.15, -0.1) is 10.2 Å². The molecule has 0 aromatic carbocycles. The van der Waals surface area contributed by atoms with Gasteiger partial charge in [0.1, 0.15) is 13.0 Å². The summed E-state index contributed by atoms with van der Waals surface area (Å²) < 4.78 is 52.6. The summed E-state index contributed by atoms with van der Waals surface area (Å²) in [5.41, 5.74) is 0. The van der Waals surface area contributed by atoms with Crippen LogP contribution in [-0.4, -0.2) is 45.1 Å². The van der Waals surface area contributed by atoms with Gasteiger partial charge in [0, 0.05) is 7.11 Å². The lowest BCUT2D eigenvalue weighted by Gasteiger charge is -2.32. The first-order valence-corrected chi connectivity index (χ1v) is 7.88. The molecule has 0 radical (unpaired) electrons. The Morgan fingerprint density at radius 3 is 2.84 bits per heavy atom. The minimum atomic E-state index is -4.38. The second kappa shape index (κ2) is 7.48. The summed E-state index contributed by atoms with van der Waals surface area (Å²) in [5.74, 6) is 0.625. The largest absolute Gasteiger partial charge is 0.423 e. The molecule has 0 saturated carbocycles. The minimum Gasteiger partial charge on any atom is -0.423 e.